The van der Waals surface area contributed by atoms with Gasteiger partial charge in [-0.1, -0.05) is 13.8 Å². The van der Waals surface area contributed by atoms with Crippen molar-refractivity contribution in [3.8, 4) is 0 Å². The molecular formula is C19H28N2O3S. The summed E-state index contributed by atoms with van der Waals surface area (Å²) in [4.78, 5) is 12.5. The lowest BCUT2D eigenvalue weighted by atomic mass is 9.94. The second kappa shape index (κ2) is 7.08. The van der Waals surface area contributed by atoms with Crippen molar-refractivity contribution in [2.24, 2.45) is 17.8 Å². The summed E-state index contributed by atoms with van der Waals surface area (Å²) in [7, 11) is -3.50. The van der Waals surface area contributed by atoms with E-state index in [9.17, 15) is 13.2 Å². The molecule has 1 aromatic rings. The molecule has 25 heavy (non-hydrogen) atoms. The van der Waals surface area contributed by atoms with Gasteiger partial charge in [-0.3, -0.25) is 4.79 Å². The highest BCUT2D eigenvalue weighted by atomic mass is 32.2. The average Bonchev–Trinajstić information content (AvgIpc) is 3.39. The van der Waals surface area contributed by atoms with Crippen molar-refractivity contribution in [1.82, 2.24) is 9.62 Å². The summed E-state index contributed by atoms with van der Waals surface area (Å²) in [6, 6.07) is 6.50. The number of piperidine rings is 1. The van der Waals surface area contributed by atoms with Gasteiger partial charge in [0.05, 0.1) is 4.90 Å². The van der Waals surface area contributed by atoms with Crippen LogP contribution >= 0.6 is 0 Å². The second-order valence-corrected chi connectivity index (χ2v) is 9.83. The number of rotatable bonds is 5. The van der Waals surface area contributed by atoms with Gasteiger partial charge in [0.25, 0.3) is 5.91 Å². The lowest BCUT2D eigenvalue weighted by Gasteiger charge is -2.34. The minimum Gasteiger partial charge on any atom is -0.349 e. The largest absolute Gasteiger partial charge is 0.349 e. The molecule has 2 aliphatic rings. The van der Waals surface area contributed by atoms with Gasteiger partial charge in [0.1, 0.15) is 0 Å². The first kappa shape index (κ1) is 18.4. The van der Waals surface area contributed by atoms with E-state index in [-0.39, 0.29) is 16.8 Å². The third-order valence-corrected chi connectivity index (χ3v) is 7.12. The molecule has 1 aromatic carbocycles. The second-order valence-electron chi connectivity index (χ2n) is 7.89. The fourth-order valence-electron chi connectivity index (χ4n) is 3.73. The summed E-state index contributed by atoms with van der Waals surface area (Å²) < 4.78 is 27.3. The van der Waals surface area contributed by atoms with Gasteiger partial charge in [-0.05, 0) is 68.2 Å². The maximum absolute atomic E-state index is 12.9. The van der Waals surface area contributed by atoms with Gasteiger partial charge < -0.3 is 5.32 Å². The van der Waals surface area contributed by atoms with Crippen molar-refractivity contribution in [1.29, 1.82) is 0 Å². The van der Waals surface area contributed by atoms with Gasteiger partial charge in [-0.15, -0.1) is 0 Å². The molecule has 1 aliphatic carbocycles. The van der Waals surface area contributed by atoms with Crippen molar-refractivity contribution in [2.45, 2.75) is 51.0 Å². The highest BCUT2D eigenvalue weighted by Gasteiger charge is 2.32. The molecule has 3 atom stereocenters. The summed E-state index contributed by atoms with van der Waals surface area (Å²) in [5.74, 6) is 1.19. The summed E-state index contributed by atoms with van der Waals surface area (Å²) in [6.07, 6.45) is 3.40. The first-order valence-electron chi connectivity index (χ1n) is 9.18. The van der Waals surface area contributed by atoms with Crippen LogP contribution in [0.2, 0.25) is 0 Å². The van der Waals surface area contributed by atoms with Crippen molar-refractivity contribution in [3.63, 3.8) is 0 Å². The average molecular weight is 365 g/mol. The molecule has 0 aromatic heterocycles. The Morgan fingerprint density at radius 3 is 2.20 bits per heavy atom. The fraction of sp³-hybridized carbons (Fsp3) is 0.632. The topological polar surface area (TPSA) is 66.5 Å². The highest BCUT2D eigenvalue weighted by Crippen LogP contribution is 2.32. The van der Waals surface area contributed by atoms with Crippen LogP contribution in [0.5, 0.6) is 0 Å². The van der Waals surface area contributed by atoms with Gasteiger partial charge in [-0.25, -0.2) is 8.42 Å². The van der Waals surface area contributed by atoms with E-state index in [1.165, 1.54) is 12.8 Å². The quantitative estimate of drug-likeness (QED) is 0.874. The Bertz CT molecular complexity index is 716. The lowest BCUT2D eigenvalue weighted by molar-refractivity contribution is 0.0935. The highest BCUT2D eigenvalue weighted by molar-refractivity contribution is 7.89. The van der Waals surface area contributed by atoms with E-state index >= 15 is 0 Å². The first-order valence-corrected chi connectivity index (χ1v) is 10.6. The van der Waals surface area contributed by atoms with Gasteiger partial charge in [0, 0.05) is 24.7 Å². The Hall–Kier alpha value is -1.40. The zero-order valence-electron chi connectivity index (χ0n) is 15.2. The Morgan fingerprint density at radius 2 is 1.68 bits per heavy atom. The summed E-state index contributed by atoms with van der Waals surface area (Å²) in [5.41, 5.74) is 0.506. The number of sulfonamides is 1. The molecule has 6 heteroatoms. The molecule has 1 aliphatic heterocycles. The van der Waals surface area contributed by atoms with Crippen LogP contribution in [0.4, 0.5) is 0 Å². The fourth-order valence-corrected chi connectivity index (χ4v) is 5.41. The standard InChI is InChI=1S/C19H28N2O3S/c1-13-10-14(2)12-21(11-13)25(23,24)18-8-6-17(7-9-18)19(22)20-15(3)16-4-5-16/h6-9,13-16H,4-5,10-12H2,1-3H3,(H,20,22)/t13-,14-,15-/m0/s1. The molecule has 1 saturated carbocycles. The van der Waals surface area contributed by atoms with E-state index in [2.05, 4.69) is 19.2 Å². The molecule has 1 saturated heterocycles. The molecule has 0 radical (unpaired) electrons. The van der Waals surface area contributed by atoms with E-state index < -0.39 is 10.0 Å². The third kappa shape index (κ3) is 4.23. The molecule has 3 rings (SSSR count). The number of hydrogen-bond acceptors (Lipinski definition) is 3. The van der Waals surface area contributed by atoms with Gasteiger partial charge >= 0.3 is 0 Å². The first-order chi connectivity index (χ1) is 11.8. The maximum Gasteiger partial charge on any atom is 0.251 e. The molecule has 2 fully saturated rings. The number of nitrogens with zero attached hydrogens (tertiary/aromatic N) is 1. The Labute approximate surface area is 150 Å². The Morgan fingerprint density at radius 1 is 1.12 bits per heavy atom. The number of benzene rings is 1. The van der Waals surface area contributed by atoms with Crippen LogP contribution in [-0.2, 0) is 10.0 Å². The molecule has 0 spiro atoms. The normalized spacial score (nSPS) is 26.2. The van der Waals surface area contributed by atoms with E-state index in [0.717, 1.165) is 6.42 Å². The van der Waals surface area contributed by atoms with Crippen LogP contribution < -0.4 is 5.32 Å². The molecule has 1 amide bonds. The number of nitrogens with one attached hydrogen (secondary N) is 1. The van der Waals surface area contributed by atoms with E-state index in [0.29, 0.717) is 36.4 Å². The molecule has 1 N–H and O–H groups in total. The summed E-state index contributed by atoms with van der Waals surface area (Å²) in [5, 5.41) is 2.99. The minimum absolute atomic E-state index is 0.136. The predicted octanol–water partition coefficient (Wildman–Crippen LogP) is 2.88. The predicted molar refractivity (Wildman–Crippen MR) is 97.8 cm³/mol. The SMILES string of the molecule is C[C@H]1C[C@H](C)CN(S(=O)(=O)c2ccc(C(=O)N[C@@H](C)C3CC3)cc2)C1. The lowest BCUT2D eigenvalue weighted by Crippen LogP contribution is -2.42. The molecule has 0 bridgehead atoms. The molecule has 0 unspecified atom stereocenters. The zero-order valence-corrected chi connectivity index (χ0v) is 16.1. The van der Waals surface area contributed by atoms with Crippen LogP contribution in [0, 0.1) is 17.8 Å². The van der Waals surface area contributed by atoms with Crippen LogP contribution in [-0.4, -0.2) is 37.8 Å². The van der Waals surface area contributed by atoms with Gasteiger partial charge in [0.15, 0.2) is 0 Å². The van der Waals surface area contributed by atoms with E-state index in [4.69, 9.17) is 0 Å². The maximum atomic E-state index is 12.9. The third-order valence-electron chi connectivity index (χ3n) is 5.28. The van der Waals surface area contributed by atoms with E-state index in [1.807, 2.05) is 6.92 Å². The minimum atomic E-state index is -3.50. The zero-order chi connectivity index (χ0) is 18.2. The smallest absolute Gasteiger partial charge is 0.251 e. The van der Waals surface area contributed by atoms with Crippen molar-refractivity contribution in [2.75, 3.05) is 13.1 Å². The Balaban J connectivity index is 1.71. The van der Waals surface area contributed by atoms with E-state index in [1.54, 1.807) is 28.6 Å². The van der Waals surface area contributed by atoms with Crippen molar-refractivity contribution >= 4 is 15.9 Å². The molecule has 138 valence electrons. The number of amides is 1. The Kier molecular flexibility index (Phi) is 5.21. The molecular weight excluding hydrogens is 336 g/mol. The van der Waals surface area contributed by atoms with Crippen molar-refractivity contribution < 1.29 is 13.2 Å². The number of carbonyl (C=O) groups is 1. The van der Waals surface area contributed by atoms with Crippen LogP contribution in [0.1, 0.15) is 50.4 Å². The van der Waals surface area contributed by atoms with Crippen molar-refractivity contribution in [3.05, 3.63) is 29.8 Å². The monoisotopic (exact) mass is 364 g/mol. The van der Waals surface area contributed by atoms with Crippen LogP contribution in [0.15, 0.2) is 29.2 Å². The van der Waals surface area contributed by atoms with Gasteiger partial charge in [0.2, 0.25) is 10.0 Å². The number of hydrogen-bond donors (Lipinski definition) is 1. The molecule has 1 heterocycles. The number of carbonyl (C=O) groups excluding carboxylic acids is 1. The van der Waals surface area contributed by atoms with Gasteiger partial charge in [-0.2, -0.15) is 4.31 Å². The van der Waals surface area contributed by atoms with Crippen LogP contribution in [0.25, 0.3) is 0 Å². The molecule has 5 nitrogen and oxygen atoms in total. The summed E-state index contributed by atoms with van der Waals surface area (Å²) in [6.45, 7) is 7.33. The van der Waals surface area contributed by atoms with Crippen LogP contribution in [0.3, 0.4) is 0 Å². The summed E-state index contributed by atoms with van der Waals surface area (Å²) >= 11 is 0.